The molecule has 0 N–H and O–H groups in total. The minimum Gasteiger partial charge on any atom is -0.454 e. The quantitative estimate of drug-likeness (QED) is 0.228. The normalized spacial score (nSPS) is 11.9. The highest BCUT2D eigenvalue weighted by Crippen LogP contribution is 2.41. The molecule has 0 saturated heterocycles. The summed E-state index contributed by atoms with van der Waals surface area (Å²) < 4.78 is 8.80. The van der Waals surface area contributed by atoms with E-state index in [1.54, 1.807) is 0 Å². The molecule has 0 bridgehead atoms. The summed E-state index contributed by atoms with van der Waals surface area (Å²) in [5.41, 5.74) is 5.93. The third-order valence-corrected chi connectivity index (χ3v) is 7.93. The fraction of sp³-hybridized carbons (Fsp3) is 0. The van der Waals surface area contributed by atoms with Gasteiger partial charge in [0, 0.05) is 27.4 Å². The molecule has 38 heavy (non-hydrogen) atoms. The smallest absolute Gasteiger partial charge is 0.160 e. The molecule has 2 nitrogen and oxygen atoms in total. The topological polar surface area (TPSA) is 18.1 Å². The number of nitrogens with zero attached hydrogens (tertiary/aromatic N) is 1. The predicted molar refractivity (Wildman–Crippen MR) is 163 cm³/mol. The molecular formula is C36H23NO. The first-order chi connectivity index (χ1) is 18.8. The molecule has 0 aliphatic rings. The van der Waals surface area contributed by atoms with E-state index in [9.17, 15) is 0 Å². The Morgan fingerprint density at radius 1 is 0.526 bits per heavy atom. The highest BCUT2D eigenvalue weighted by Gasteiger charge is 2.21. The van der Waals surface area contributed by atoms with Crippen molar-refractivity contribution in [2.45, 2.75) is 0 Å². The van der Waals surface area contributed by atoms with Gasteiger partial charge >= 0.3 is 0 Å². The molecule has 6 aromatic carbocycles. The van der Waals surface area contributed by atoms with Crippen LogP contribution in [-0.4, -0.2) is 4.57 Å². The molecule has 0 aliphatic carbocycles. The van der Waals surface area contributed by atoms with Crippen LogP contribution in [0.3, 0.4) is 0 Å². The molecule has 0 saturated carbocycles. The van der Waals surface area contributed by atoms with Gasteiger partial charge in [-0.2, -0.15) is 0 Å². The number of rotatable bonds is 3. The first kappa shape index (κ1) is 21.0. The van der Waals surface area contributed by atoms with Gasteiger partial charge in [0.15, 0.2) is 5.58 Å². The molecule has 0 spiro atoms. The Morgan fingerprint density at radius 2 is 1.08 bits per heavy atom. The fourth-order valence-corrected chi connectivity index (χ4v) is 6.31. The number of hydrogen-bond acceptors (Lipinski definition) is 1. The molecular weight excluding hydrogens is 462 g/mol. The predicted octanol–water partition coefficient (Wildman–Crippen LogP) is 10.3. The van der Waals surface area contributed by atoms with Gasteiger partial charge in [-0.05, 0) is 62.7 Å². The molecule has 8 rings (SSSR count). The molecule has 0 radical (unpaired) electrons. The summed E-state index contributed by atoms with van der Waals surface area (Å²) in [6.07, 6.45) is 3.85. The molecule has 0 aliphatic heterocycles. The summed E-state index contributed by atoms with van der Waals surface area (Å²) in [4.78, 5) is 0. The average Bonchev–Trinajstić information content (AvgIpc) is 3.52. The maximum atomic E-state index is 6.51. The van der Waals surface area contributed by atoms with E-state index in [1.165, 1.54) is 32.3 Å². The molecule has 8 aromatic rings. The Balaban J connectivity index is 1.56. The van der Waals surface area contributed by atoms with E-state index in [0.29, 0.717) is 0 Å². The van der Waals surface area contributed by atoms with Crippen LogP contribution in [0.2, 0.25) is 0 Å². The lowest BCUT2D eigenvalue weighted by molar-refractivity contribution is 0.671. The minimum atomic E-state index is 0.878. The molecule has 0 fully saturated rings. The van der Waals surface area contributed by atoms with Crippen molar-refractivity contribution in [3.63, 3.8) is 0 Å². The van der Waals surface area contributed by atoms with Gasteiger partial charge in [-0.1, -0.05) is 98.1 Å². The number of para-hydroxylation sites is 1. The van der Waals surface area contributed by atoms with Crippen LogP contribution in [0.4, 0.5) is 0 Å². The van der Waals surface area contributed by atoms with Gasteiger partial charge in [0.25, 0.3) is 0 Å². The van der Waals surface area contributed by atoms with Crippen LogP contribution >= 0.6 is 0 Å². The van der Waals surface area contributed by atoms with E-state index in [-0.39, 0.29) is 0 Å². The van der Waals surface area contributed by atoms with Crippen molar-refractivity contribution in [1.29, 1.82) is 0 Å². The zero-order valence-corrected chi connectivity index (χ0v) is 20.7. The Hall–Kier alpha value is -5.08. The van der Waals surface area contributed by atoms with Crippen LogP contribution in [0.1, 0.15) is 11.3 Å². The first-order valence-electron chi connectivity index (χ1n) is 12.9. The van der Waals surface area contributed by atoms with Crippen LogP contribution in [0.5, 0.6) is 0 Å². The molecule has 0 atom stereocenters. The summed E-state index contributed by atoms with van der Waals surface area (Å²) >= 11 is 0. The van der Waals surface area contributed by atoms with Gasteiger partial charge in [-0.15, -0.1) is 0 Å². The zero-order chi connectivity index (χ0) is 25.4. The zero-order valence-electron chi connectivity index (χ0n) is 20.7. The van der Waals surface area contributed by atoms with E-state index >= 15 is 0 Å². The molecule has 2 heterocycles. The highest BCUT2D eigenvalue weighted by molar-refractivity contribution is 6.25. The van der Waals surface area contributed by atoms with E-state index < -0.39 is 0 Å². The number of furan rings is 1. The van der Waals surface area contributed by atoms with Crippen LogP contribution in [-0.2, 0) is 0 Å². The Labute approximate surface area is 219 Å². The van der Waals surface area contributed by atoms with E-state index in [4.69, 9.17) is 4.42 Å². The largest absolute Gasteiger partial charge is 0.454 e. The molecule has 2 aromatic heterocycles. The minimum absolute atomic E-state index is 0.878. The van der Waals surface area contributed by atoms with Crippen molar-refractivity contribution in [3.05, 3.63) is 128 Å². The van der Waals surface area contributed by atoms with Crippen LogP contribution in [0.15, 0.2) is 121 Å². The van der Waals surface area contributed by atoms with E-state index in [0.717, 1.165) is 49.8 Å². The number of aromatic nitrogens is 1. The summed E-state index contributed by atoms with van der Waals surface area (Å²) in [6, 6.07) is 36.7. The van der Waals surface area contributed by atoms with Crippen molar-refractivity contribution in [2.24, 2.45) is 0 Å². The van der Waals surface area contributed by atoms with Crippen molar-refractivity contribution < 1.29 is 4.42 Å². The molecule has 0 unspecified atom stereocenters. The lowest BCUT2D eigenvalue weighted by Crippen LogP contribution is -1.97. The van der Waals surface area contributed by atoms with Gasteiger partial charge in [0.2, 0.25) is 0 Å². The van der Waals surface area contributed by atoms with Crippen LogP contribution in [0.25, 0.3) is 83.0 Å². The third-order valence-electron chi connectivity index (χ3n) is 7.93. The Bertz CT molecular complexity index is 2240. The summed E-state index contributed by atoms with van der Waals surface area (Å²) in [6.45, 7) is 8.35. The maximum absolute atomic E-state index is 6.51. The van der Waals surface area contributed by atoms with Crippen LogP contribution in [0, 0.1) is 0 Å². The van der Waals surface area contributed by atoms with Gasteiger partial charge in [-0.3, -0.25) is 0 Å². The number of fused-ring (bicyclic) bond motifs is 11. The number of hydrogen-bond donors (Lipinski definition) is 0. The summed E-state index contributed by atoms with van der Waals surface area (Å²) in [7, 11) is 0. The summed E-state index contributed by atoms with van der Waals surface area (Å²) in [5.74, 6) is 0. The van der Waals surface area contributed by atoms with Crippen molar-refractivity contribution in [3.8, 4) is 5.69 Å². The van der Waals surface area contributed by atoms with Gasteiger partial charge in [0.05, 0.1) is 11.2 Å². The second kappa shape index (κ2) is 7.71. The monoisotopic (exact) mass is 485 g/mol. The molecule has 178 valence electrons. The van der Waals surface area contributed by atoms with Gasteiger partial charge in [0.1, 0.15) is 5.58 Å². The second-order valence-electron chi connectivity index (χ2n) is 9.80. The average molecular weight is 486 g/mol. The molecule has 0 amide bonds. The summed E-state index contributed by atoms with van der Waals surface area (Å²) in [5, 5.41) is 10.9. The second-order valence-corrected chi connectivity index (χ2v) is 9.80. The lowest BCUT2D eigenvalue weighted by atomic mass is 9.94. The maximum Gasteiger partial charge on any atom is 0.160 e. The van der Waals surface area contributed by atoms with Gasteiger partial charge in [-0.25, -0.2) is 0 Å². The first-order valence-corrected chi connectivity index (χ1v) is 12.9. The SMILES string of the molecule is C=Cc1c(C=C)n(-c2ccc3c4ccccc4c4ccccc4c3c2)c2c1ccc1c3ccccc3oc12. The van der Waals surface area contributed by atoms with Crippen molar-refractivity contribution >= 4 is 77.3 Å². The Kier molecular flexibility index (Phi) is 4.27. The van der Waals surface area contributed by atoms with E-state index in [2.05, 4.69) is 109 Å². The Morgan fingerprint density at radius 3 is 1.74 bits per heavy atom. The fourth-order valence-electron chi connectivity index (χ4n) is 6.31. The highest BCUT2D eigenvalue weighted by atomic mass is 16.3. The number of benzene rings is 6. The van der Waals surface area contributed by atoms with Crippen LogP contribution < -0.4 is 0 Å². The lowest BCUT2D eigenvalue weighted by Gasteiger charge is -2.14. The van der Waals surface area contributed by atoms with Crippen molar-refractivity contribution in [1.82, 2.24) is 4.57 Å². The van der Waals surface area contributed by atoms with Gasteiger partial charge < -0.3 is 8.98 Å². The third kappa shape index (κ3) is 2.66. The van der Waals surface area contributed by atoms with Crippen molar-refractivity contribution in [2.75, 3.05) is 0 Å². The molecule has 2 heteroatoms. The van der Waals surface area contributed by atoms with E-state index in [1.807, 2.05) is 24.3 Å². The standard InChI is InChI=1S/C36H23NO/c1-3-23-30-19-20-31-29-15-9-10-16-34(29)38-36(31)35(30)37(33(23)4-2)22-17-18-28-26-13-6-5-11-24(26)25-12-7-8-14-27(25)32(28)21-22/h3-21H,1-2H2.